The van der Waals surface area contributed by atoms with E-state index in [1.54, 1.807) is 6.08 Å². The molecule has 0 spiro atoms. The van der Waals surface area contributed by atoms with Crippen LogP contribution in [-0.2, 0) is 4.79 Å². The fourth-order valence-corrected chi connectivity index (χ4v) is 3.95. The quantitative estimate of drug-likeness (QED) is 0.773. The van der Waals surface area contributed by atoms with E-state index in [-0.39, 0.29) is 5.91 Å². The van der Waals surface area contributed by atoms with Crippen molar-refractivity contribution >= 4 is 52.1 Å². The van der Waals surface area contributed by atoms with Crippen LogP contribution in [0.2, 0.25) is 5.02 Å². The summed E-state index contributed by atoms with van der Waals surface area (Å²) in [5.41, 5.74) is 1.63. The second-order valence-electron chi connectivity index (χ2n) is 6.24. The van der Waals surface area contributed by atoms with Gasteiger partial charge in [-0.25, -0.2) is 4.99 Å². The Balaban J connectivity index is 1.53. The van der Waals surface area contributed by atoms with Gasteiger partial charge >= 0.3 is 0 Å². The first-order valence-corrected chi connectivity index (χ1v) is 9.69. The lowest BCUT2D eigenvalue weighted by molar-refractivity contribution is -0.115. The summed E-state index contributed by atoms with van der Waals surface area (Å²) in [7, 11) is 0. The first-order valence-electron chi connectivity index (χ1n) is 8.49. The number of nitrogens with zero attached hydrogens (tertiary/aromatic N) is 2. The number of rotatable bonds is 3. The minimum absolute atomic E-state index is 0.174. The van der Waals surface area contributed by atoms with E-state index in [1.165, 1.54) is 24.6 Å². The van der Waals surface area contributed by atoms with E-state index in [1.807, 2.05) is 37.3 Å². The maximum atomic E-state index is 12.2. The maximum absolute atomic E-state index is 12.2. The van der Waals surface area contributed by atoms with E-state index in [0.29, 0.717) is 20.9 Å². The second-order valence-corrected chi connectivity index (χ2v) is 7.67. The number of furan rings is 1. The smallest absolute Gasteiger partial charge is 0.264 e. The van der Waals surface area contributed by atoms with Gasteiger partial charge in [-0.05, 0) is 55.3 Å². The molecule has 0 radical (unpaired) electrons. The molecule has 0 unspecified atom stereocenters. The lowest BCUT2D eigenvalue weighted by Gasteiger charge is -2.12. The predicted octanol–water partition coefficient (Wildman–Crippen LogP) is 4.73. The van der Waals surface area contributed by atoms with E-state index in [9.17, 15) is 4.79 Å². The van der Waals surface area contributed by atoms with Crippen molar-refractivity contribution in [3.63, 3.8) is 0 Å². The monoisotopic (exact) mass is 387 g/mol. The van der Waals surface area contributed by atoms with Crippen LogP contribution in [0.15, 0.2) is 44.6 Å². The number of carbonyl (C=O) groups excluding carboxylic acids is 1. The van der Waals surface area contributed by atoms with Crippen LogP contribution in [0, 0.1) is 6.92 Å². The molecule has 1 aromatic carbocycles. The molecule has 0 aliphatic carbocycles. The normalized spacial score (nSPS) is 20.4. The third-order valence-electron chi connectivity index (χ3n) is 4.42. The Bertz CT molecular complexity index is 913. The Labute approximate surface area is 161 Å². The van der Waals surface area contributed by atoms with Crippen molar-refractivity contribution in [2.45, 2.75) is 19.8 Å². The summed E-state index contributed by atoms with van der Waals surface area (Å²) in [6, 6.07) is 9.39. The third-order valence-corrected chi connectivity index (χ3v) is 5.73. The number of thioether (sulfide) groups is 1. The van der Waals surface area contributed by atoms with Gasteiger partial charge in [0.1, 0.15) is 5.76 Å². The van der Waals surface area contributed by atoms with E-state index in [4.69, 9.17) is 16.0 Å². The lowest BCUT2D eigenvalue weighted by Crippen LogP contribution is -2.19. The van der Waals surface area contributed by atoms with Crippen molar-refractivity contribution in [1.29, 1.82) is 0 Å². The number of nitrogens with one attached hydrogen (secondary N) is 1. The molecule has 2 saturated heterocycles. The number of hydrogen-bond acceptors (Lipinski definition) is 5. The predicted molar refractivity (Wildman–Crippen MR) is 107 cm³/mol. The zero-order chi connectivity index (χ0) is 18.1. The number of amidine groups is 1. The highest BCUT2D eigenvalue weighted by Gasteiger charge is 2.25. The number of carbonyl (C=O) groups is 1. The minimum atomic E-state index is -0.174. The van der Waals surface area contributed by atoms with Crippen LogP contribution in [-0.4, -0.2) is 24.2 Å². The molecule has 0 saturated carbocycles. The molecule has 2 fully saturated rings. The highest BCUT2D eigenvalue weighted by molar-refractivity contribution is 8.18. The van der Waals surface area contributed by atoms with E-state index >= 15 is 0 Å². The Hall–Kier alpha value is -2.18. The second kappa shape index (κ2) is 7.21. The lowest BCUT2D eigenvalue weighted by atomic mass is 10.2. The Morgan fingerprint density at radius 1 is 1.27 bits per heavy atom. The molecule has 7 heteroatoms. The fraction of sp³-hybridized carbons (Fsp3) is 0.263. The molecular formula is C19H18ClN3O2S. The van der Waals surface area contributed by atoms with Gasteiger partial charge in [-0.2, -0.15) is 0 Å². The molecular weight excluding hydrogens is 370 g/mol. The van der Waals surface area contributed by atoms with Crippen LogP contribution in [0.1, 0.15) is 24.2 Å². The zero-order valence-corrected chi connectivity index (χ0v) is 15.9. The van der Waals surface area contributed by atoms with Gasteiger partial charge in [0.15, 0.2) is 11.1 Å². The molecule has 5 nitrogen and oxygen atoms in total. The van der Waals surface area contributed by atoms with Crippen molar-refractivity contribution < 1.29 is 9.21 Å². The van der Waals surface area contributed by atoms with Crippen molar-refractivity contribution in [3.05, 3.63) is 51.6 Å². The molecule has 1 N–H and O–H groups in total. The molecule has 2 aromatic rings. The van der Waals surface area contributed by atoms with Gasteiger partial charge < -0.3 is 14.6 Å². The standard InChI is InChI=1S/C19H18ClN3O2S/c1-12-14(20)5-4-6-15(12)21-19-22-18(24)16(26-19)11-13-7-8-17(25-13)23-9-2-3-10-23/h4-8,11H,2-3,9-10H2,1H3,(H,21,22,24)/b16-11-. The van der Waals surface area contributed by atoms with Gasteiger partial charge in [0.25, 0.3) is 5.91 Å². The number of benzene rings is 1. The summed E-state index contributed by atoms with van der Waals surface area (Å²) in [6.45, 7) is 3.95. The van der Waals surface area contributed by atoms with Gasteiger partial charge in [0.05, 0.1) is 10.6 Å². The molecule has 1 amide bonds. The van der Waals surface area contributed by atoms with Crippen molar-refractivity contribution in [1.82, 2.24) is 5.32 Å². The van der Waals surface area contributed by atoms with Crippen LogP contribution in [0.5, 0.6) is 0 Å². The zero-order valence-electron chi connectivity index (χ0n) is 14.3. The number of amides is 1. The highest BCUT2D eigenvalue weighted by Crippen LogP contribution is 2.32. The molecule has 2 aliphatic rings. The summed E-state index contributed by atoms with van der Waals surface area (Å²) >= 11 is 7.43. The van der Waals surface area contributed by atoms with Crippen molar-refractivity contribution in [3.8, 4) is 0 Å². The molecule has 1 aromatic heterocycles. The average Bonchev–Trinajstić information content (AvgIpc) is 3.34. The summed E-state index contributed by atoms with van der Waals surface area (Å²) in [4.78, 5) is 19.5. The van der Waals surface area contributed by atoms with Crippen molar-refractivity contribution in [2.75, 3.05) is 18.0 Å². The van der Waals surface area contributed by atoms with Crippen molar-refractivity contribution in [2.24, 2.45) is 4.99 Å². The third kappa shape index (κ3) is 3.52. The SMILES string of the molecule is Cc1c(Cl)cccc1N=C1NC(=O)/C(=C/c2ccc(N3CCCC3)o2)S1. The van der Waals surface area contributed by atoms with Crippen LogP contribution < -0.4 is 10.2 Å². The molecule has 134 valence electrons. The van der Waals surface area contributed by atoms with Gasteiger partial charge in [0.2, 0.25) is 0 Å². The van der Waals surface area contributed by atoms with Gasteiger partial charge in [-0.1, -0.05) is 17.7 Å². The highest BCUT2D eigenvalue weighted by atomic mass is 35.5. The molecule has 0 atom stereocenters. The van der Waals surface area contributed by atoms with Crippen LogP contribution >= 0.6 is 23.4 Å². The van der Waals surface area contributed by atoms with E-state index in [0.717, 1.165) is 30.2 Å². The first-order chi connectivity index (χ1) is 12.6. The number of anilines is 1. The Morgan fingerprint density at radius 2 is 2.08 bits per heavy atom. The van der Waals surface area contributed by atoms with E-state index < -0.39 is 0 Å². The Kier molecular flexibility index (Phi) is 4.78. The summed E-state index contributed by atoms with van der Waals surface area (Å²) in [6.07, 6.45) is 4.14. The maximum Gasteiger partial charge on any atom is 0.264 e. The van der Waals surface area contributed by atoms with Gasteiger partial charge in [-0.15, -0.1) is 0 Å². The summed E-state index contributed by atoms with van der Waals surface area (Å²) in [5, 5.41) is 3.99. The molecule has 4 rings (SSSR count). The molecule has 0 bridgehead atoms. The minimum Gasteiger partial charge on any atom is -0.441 e. The largest absolute Gasteiger partial charge is 0.441 e. The Morgan fingerprint density at radius 3 is 2.88 bits per heavy atom. The van der Waals surface area contributed by atoms with Crippen LogP contribution in [0.25, 0.3) is 6.08 Å². The van der Waals surface area contributed by atoms with E-state index in [2.05, 4.69) is 15.2 Å². The van der Waals surface area contributed by atoms with Crippen LogP contribution in [0.4, 0.5) is 11.6 Å². The van der Waals surface area contributed by atoms with Gasteiger partial charge in [-0.3, -0.25) is 4.79 Å². The number of hydrogen-bond donors (Lipinski definition) is 1. The fourth-order valence-electron chi connectivity index (χ4n) is 2.96. The number of aliphatic imine (C=N–C) groups is 1. The number of halogens is 1. The molecule has 26 heavy (non-hydrogen) atoms. The molecule has 2 aliphatic heterocycles. The average molecular weight is 388 g/mol. The van der Waals surface area contributed by atoms with Gasteiger partial charge in [0, 0.05) is 30.3 Å². The first kappa shape index (κ1) is 17.2. The molecule has 3 heterocycles. The summed E-state index contributed by atoms with van der Waals surface area (Å²) in [5.74, 6) is 1.36. The van der Waals surface area contributed by atoms with Crippen LogP contribution in [0.3, 0.4) is 0 Å². The summed E-state index contributed by atoms with van der Waals surface area (Å²) < 4.78 is 5.87. The topological polar surface area (TPSA) is 57.8 Å².